The lowest BCUT2D eigenvalue weighted by molar-refractivity contribution is -0.553. The topological polar surface area (TPSA) is 73.8 Å². The molecule has 0 aromatic carbocycles. The highest BCUT2D eigenvalue weighted by molar-refractivity contribution is 4.88. The zero-order chi connectivity index (χ0) is 33.2. The van der Waals surface area contributed by atoms with E-state index in [-0.39, 0.29) is 27.8 Å². The van der Waals surface area contributed by atoms with E-state index >= 15 is 0 Å². The Morgan fingerprint density at radius 1 is 0.512 bits per heavy atom. The van der Waals surface area contributed by atoms with Gasteiger partial charge in [0, 0.05) is 25.7 Å². The first-order chi connectivity index (χ1) is 19.6. The largest absolute Gasteiger partial charge is 0.234 e. The Morgan fingerprint density at radius 2 is 0.837 bits per heavy atom. The Kier molecular flexibility index (Phi) is 15.6. The summed E-state index contributed by atoms with van der Waals surface area (Å²) in [5, 5.41) is 0. The molecule has 0 heterocycles. The van der Waals surface area contributed by atoms with Crippen LogP contribution in [-0.4, -0.2) is 34.0 Å². The van der Waals surface area contributed by atoms with Gasteiger partial charge in [-0.2, -0.15) is 19.6 Å². The molecule has 0 radical (unpaired) electrons. The summed E-state index contributed by atoms with van der Waals surface area (Å²) < 4.78 is 0. The third-order valence-electron chi connectivity index (χ3n) is 9.01. The van der Waals surface area contributed by atoms with E-state index in [1.165, 1.54) is 6.42 Å². The molecule has 0 spiro atoms. The van der Waals surface area contributed by atoms with Crippen molar-refractivity contribution in [1.82, 2.24) is 0 Å². The zero-order valence-electron chi connectivity index (χ0n) is 30.8. The number of rotatable bonds is 16. The summed E-state index contributed by atoms with van der Waals surface area (Å²) >= 11 is 0. The molecule has 1 unspecified atom stereocenters. The Bertz CT molecular complexity index is 741. The molecular weight excluding hydrogens is 548 g/mol. The normalized spacial score (nSPS) is 22.5. The molecule has 0 aliphatic heterocycles. The first-order valence-corrected chi connectivity index (χ1v) is 17.1. The Balaban J connectivity index is 0.000000434. The summed E-state index contributed by atoms with van der Waals surface area (Å²) in [5.74, 6) is -1.11. The van der Waals surface area contributed by atoms with Gasteiger partial charge in [0.2, 0.25) is 11.6 Å². The van der Waals surface area contributed by atoms with Crippen LogP contribution in [0.15, 0.2) is 0 Å². The van der Waals surface area contributed by atoms with Gasteiger partial charge in [-0.25, -0.2) is 19.6 Å². The highest BCUT2D eigenvalue weighted by atomic mass is 17.3. The Morgan fingerprint density at radius 3 is 1.14 bits per heavy atom. The van der Waals surface area contributed by atoms with Crippen LogP contribution in [0, 0.1) is 11.3 Å². The second kappa shape index (κ2) is 16.5. The standard InChI is InChI=1S/C19H38O4.C16H32O4/c1-10-17(6,7)20-22-19(23-21-18(8,9)11-2)13-15(3)12-16(4,5)14-19;1-7-14(3,4)17-19-16(12-10-9-11-13-16)20-18-15(5,6)8-2/h15H,10-14H2,1-9H3;7-13H2,1-6H3. The monoisotopic (exact) mass is 619 g/mol. The van der Waals surface area contributed by atoms with Gasteiger partial charge in [-0.05, 0) is 112 Å². The molecule has 2 fully saturated rings. The lowest BCUT2D eigenvalue weighted by Crippen LogP contribution is -2.49. The van der Waals surface area contributed by atoms with Crippen LogP contribution in [0.1, 0.15) is 181 Å². The fraction of sp³-hybridized carbons (Fsp3) is 1.00. The van der Waals surface area contributed by atoms with Gasteiger partial charge >= 0.3 is 0 Å². The summed E-state index contributed by atoms with van der Waals surface area (Å²) in [5.41, 5.74) is -1.19. The summed E-state index contributed by atoms with van der Waals surface area (Å²) in [6.45, 7) is 31.2. The van der Waals surface area contributed by atoms with Gasteiger partial charge in [0.15, 0.2) is 0 Å². The smallest absolute Gasteiger partial charge is 0.228 e. The molecule has 0 saturated heterocycles. The second-order valence-electron chi connectivity index (χ2n) is 16.4. The lowest BCUT2D eigenvalue weighted by atomic mass is 9.70. The van der Waals surface area contributed by atoms with Gasteiger partial charge < -0.3 is 0 Å². The van der Waals surface area contributed by atoms with Crippen molar-refractivity contribution in [1.29, 1.82) is 0 Å². The third kappa shape index (κ3) is 15.2. The van der Waals surface area contributed by atoms with Gasteiger partial charge in [0.25, 0.3) is 0 Å². The molecule has 8 heteroatoms. The Labute approximate surface area is 265 Å². The molecule has 0 amide bonds. The van der Waals surface area contributed by atoms with Crippen molar-refractivity contribution in [2.24, 2.45) is 11.3 Å². The van der Waals surface area contributed by atoms with Crippen molar-refractivity contribution in [2.45, 2.75) is 215 Å². The minimum absolute atomic E-state index is 0.122. The van der Waals surface area contributed by atoms with Crippen LogP contribution in [0.3, 0.4) is 0 Å². The first kappa shape index (κ1) is 40.7. The second-order valence-corrected chi connectivity index (χ2v) is 16.4. The van der Waals surface area contributed by atoms with Crippen molar-refractivity contribution in [2.75, 3.05) is 0 Å². The predicted molar refractivity (Wildman–Crippen MR) is 172 cm³/mol. The van der Waals surface area contributed by atoms with Crippen LogP contribution < -0.4 is 0 Å². The minimum atomic E-state index is -0.847. The Hall–Kier alpha value is -0.320. The fourth-order valence-electron chi connectivity index (χ4n) is 4.82. The molecule has 0 N–H and O–H groups in total. The van der Waals surface area contributed by atoms with Crippen molar-refractivity contribution < 1.29 is 39.1 Å². The van der Waals surface area contributed by atoms with Crippen LogP contribution in [0.25, 0.3) is 0 Å². The van der Waals surface area contributed by atoms with Gasteiger partial charge in [-0.3, -0.25) is 0 Å². The maximum Gasteiger partial charge on any atom is 0.234 e. The average Bonchev–Trinajstić information content (AvgIpc) is 2.93. The highest BCUT2D eigenvalue weighted by Gasteiger charge is 2.49. The van der Waals surface area contributed by atoms with Crippen molar-refractivity contribution in [3.63, 3.8) is 0 Å². The molecule has 2 rings (SSSR count). The quantitative estimate of drug-likeness (QED) is 0.0961. The van der Waals surface area contributed by atoms with Crippen LogP contribution >= 0.6 is 0 Å². The van der Waals surface area contributed by atoms with Crippen LogP contribution in [0.5, 0.6) is 0 Å². The van der Waals surface area contributed by atoms with Crippen LogP contribution in [0.4, 0.5) is 0 Å². The van der Waals surface area contributed by atoms with E-state index < -0.39 is 11.6 Å². The summed E-state index contributed by atoms with van der Waals surface area (Å²) in [6, 6.07) is 0. The van der Waals surface area contributed by atoms with E-state index in [4.69, 9.17) is 39.1 Å². The van der Waals surface area contributed by atoms with Crippen LogP contribution in [0.2, 0.25) is 0 Å². The van der Waals surface area contributed by atoms with Gasteiger partial charge in [-0.15, -0.1) is 0 Å². The molecule has 43 heavy (non-hydrogen) atoms. The van der Waals surface area contributed by atoms with Crippen molar-refractivity contribution in [3.05, 3.63) is 0 Å². The molecule has 2 aliphatic rings. The SMILES string of the molecule is CCC(C)(C)OOC1(OOC(C)(C)CC)CC(C)CC(C)(C)C1.CCC(C)(C)OOC1(OOC(C)(C)CC)CCCCC1. The summed E-state index contributed by atoms with van der Waals surface area (Å²) in [6.07, 6.45) is 11.1. The van der Waals surface area contributed by atoms with E-state index in [9.17, 15) is 0 Å². The minimum Gasteiger partial charge on any atom is -0.228 e. The molecule has 2 aliphatic carbocycles. The van der Waals surface area contributed by atoms with E-state index in [0.29, 0.717) is 5.92 Å². The molecule has 0 aromatic heterocycles. The fourth-order valence-corrected chi connectivity index (χ4v) is 4.82. The maximum atomic E-state index is 5.92. The molecule has 1 atom stereocenters. The van der Waals surface area contributed by atoms with E-state index in [1.54, 1.807) is 0 Å². The molecular formula is C35H70O8. The predicted octanol–water partition coefficient (Wildman–Crippen LogP) is 10.7. The number of hydrogen-bond acceptors (Lipinski definition) is 8. The number of hydrogen-bond donors (Lipinski definition) is 0. The van der Waals surface area contributed by atoms with Crippen molar-refractivity contribution >= 4 is 0 Å². The molecule has 0 aromatic rings. The lowest BCUT2D eigenvalue weighted by Gasteiger charge is -2.46. The van der Waals surface area contributed by atoms with Crippen molar-refractivity contribution in [3.8, 4) is 0 Å². The van der Waals surface area contributed by atoms with E-state index in [2.05, 4.69) is 48.5 Å². The first-order valence-electron chi connectivity index (χ1n) is 17.1. The molecule has 258 valence electrons. The average molecular weight is 619 g/mol. The van der Waals surface area contributed by atoms with E-state index in [1.807, 2.05) is 55.4 Å². The summed E-state index contributed by atoms with van der Waals surface area (Å²) in [4.78, 5) is 46.0. The third-order valence-corrected chi connectivity index (χ3v) is 9.01. The molecule has 2 saturated carbocycles. The highest BCUT2D eigenvalue weighted by Crippen LogP contribution is 2.47. The van der Waals surface area contributed by atoms with E-state index in [0.717, 1.165) is 70.6 Å². The summed E-state index contributed by atoms with van der Waals surface area (Å²) in [7, 11) is 0. The maximum absolute atomic E-state index is 5.92. The molecule has 8 nitrogen and oxygen atoms in total. The van der Waals surface area contributed by atoms with Gasteiger partial charge in [-0.1, -0.05) is 54.9 Å². The van der Waals surface area contributed by atoms with Crippen LogP contribution in [-0.2, 0) is 39.1 Å². The molecule has 0 bridgehead atoms. The van der Waals surface area contributed by atoms with Gasteiger partial charge in [0.05, 0.1) is 22.4 Å². The van der Waals surface area contributed by atoms with Gasteiger partial charge in [0.1, 0.15) is 0 Å². The zero-order valence-corrected chi connectivity index (χ0v) is 30.8.